The van der Waals surface area contributed by atoms with Crippen LogP contribution in [0.3, 0.4) is 0 Å². The third kappa shape index (κ3) is 4.68. The first-order valence-electron chi connectivity index (χ1n) is 7.65. The smallest absolute Gasteiger partial charge is 0.246 e. The van der Waals surface area contributed by atoms with E-state index in [4.69, 9.17) is 32.7 Å². The van der Waals surface area contributed by atoms with Gasteiger partial charge in [0.1, 0.15) is 5.82 Å². The Kier molecular flexibility index (Phi) is 6.89. The molecule has 2 aromatic rings. The highest BCUT2D eigenvalue weighted by atomic mass is 35.5. The average molecular weight is 398 g/mol. The summed E-state index contributed by atoms with van der Waals surface area (Å²) >= 11 is 12.1. The summed E-state index contributed by atoms with van der Waals surface area (Å²) in [4.78, 5) is 13.7. The van der Waals surface area contributed by atoms with E-state index in [1.807, 2.05) is 0 Å². The summed E-state index contributed by atoms with van der Waals surface area (Å²) in [5.41, 5.74) is 0.936. The maximum atomic E-state index is 13.8. The van der Waals surface area contributed by atoms with Gasteiger partial charge in [-0.25, -0.2) is 4.39 Å². The number of hydrogen-bond acceptors (Lipinski definition) is 3. The lowest BCUT2D eigenvalue weighted by atomic mass is 10.1. The summed E-state index contributed by atoms with van der Waals surface area (Å²) in [5, 5.41) is 0.644. The first-order valence-corrected chi connectivity index (χ1v) is 8.40. The highest BCUT2D eigenvalue weighted by molar-refractivity contribution is 6.32. The van der Waals surface area contributed by atoms with Crippen molar-refractivity contribution in [2.45, 2.75) is 6.54 Å². The first-order chi connectivity index (χ1) is 12.4. The summed E-state index contributed by atoms with van der Waals surface area (Å²) in [7, 11) is 4.56. The van der Waals surface area contributed by atoms with E-state index >= 15 is 0 Å². The van der Waals surface area contributed by atoms with Crippen molar-refractivity contribution in [3.05, 3.63) is 63.4 Å². The molecular weight excluding hydrogens is 380 g/mol. The van der Waals surface area contributed by atoms with Crippen molar-refractivity contribution >= 4 is 35.2 Å². The number of ether oxygens (including phenoxy) is 2. The molecule has 0 aliphatic carbocycles. The van der Waals surface area contributed by atoms with Gasteiger partial charge in [0.2, 0.25) is 5.91 Å². The van der Waals surface area contributed by atoms with Gasteiger partial charge in [0.25, 0.3) is 0 Å². The van der Waals surface area contributed by atoms with Crippen molar-refractivity contribution in [3.63, 3.8) is 0 Å². The number of halogens is 3. The molecule has 0 N–H and O–H groups in total. The largest absolute Gasteiger partial charge is 0.493 e. The molecule has 0 aliphatic rings. The maximum absolute atomic E-state index is 13.8. The second kappa shape index (κ2) is 8.92. The van der Waals surface area contributed by atoms with Crippen LogP contribution in [0.25, 0.3) is 6.08 Å². The third-order valence-corrected chi connectivity index (χ3v) is 4.34. The van der Waals surface area contributed by atoms with Gasteiger partial charge in [-0.3, -0.25) is 4.79 Å². The first kappa shape index (κ1) is 20.1. The van der Waals surface area contributed by atoms with Crippen LogP contribution in [0, 0.1) is 5.82 Å². The number of likely N-dealkylation sites (N-methyl/N-ethyl adjacent to an activating group) is 1. The van der Waals surface area contributed by atoms with Crippen molar-refractivity contribution in [2.24, 2.45) is 0 Å². The monoisotopic (exact) mass is 397 g/mol. The molecule has 0 saturated carbocycles. The van der Waals surface area contributed by atoms with Crippen molar-refractivity contribution in [1.29, 1.82) is 0 Å². The fraction of sp³-hybridized carbons (Fsp3) is 0.211. The molecule has 0 heterocycles. The fourth-order valence-corrected chi connectivity index (χ4v) is 2.85. The number of methoxy groups -OCH3 is 2. The number of carbonyl (C=O) groups is 1. The van der Waals surface area contributed by atoms with Gasteiger partial charge < -0.3 is 14.4 Å². The molecule has 2 rings (SSSR count). The molecule has 7 heteroatoms. The van der Waals surface area contributed by atoms with E-state index < -0.39 is 5.82 Å². The number of nitrogens with zero attached hydrogens (tertiary/aromatic N) is 1. The minimum atomic E-state index is -0.451. The molecule has 2 aromatic carbocycles. The lowest BCUT2D eigenvalue weighted by Gasteiger charge is -2.16. The van der Waals surface area contributed by atoms with Crippen LogP contribution in [-0.2, 0) is 11.3 Å². The zero-order valence-electron chi connectivity index (χ0n) is 14.6. The molecule has 4 nitrogen and oxygen atoms in total. The topological polar surface area (TPSA) is 38.8 Å². The van der Waals surface area contributed by atoms with E-state index in [0.29, 0.717) is 22.1 Å². The Morgan fingerprint density at radius 1 is 1.19 bits per heavy atom. The van der Waals surface area contributed by atoms with Gasteiger partial charge in [-0.1, -0.05) is 29.3 Å². The van der Waals surface area contributed by atoms with Crippen LogP contribution in [-0.4, -0.2) is 32.1 Å². The number of carbonyl (C=O) groups excluding carboxylic acids is 1. The Bertz CT molecular complexity index is 820. The van der Waals surface area contributed by atoms with Crippen LogP contribution in [0.15, 0.2) is 36.4 Å². The Morgan fingerprint density at radius 3 is 2.54 bits per heavy atom. The zero-order valence-corrected chi connectivity index (χ0v) is 16.1. The Balaban J connectivity index is 2.15. The summed E-state index contributed by atoms with van der Waals surface area (Å²) in [5.74, 6) is 0.116. The molecule has 1 amide bonds. The normalized spacial score (nSPS) is 10.8. The van der Waals surface area contributed by atoms with E-state index in [2.05, 4.69) is 0 Å². The molecule has 0 radical (unpaired) electrons. The molecule has 0 aromatic heterocycles. The predicted molar refractivity (Wildman–Crippen MR) is 101 cm³/mol. The Labute approximate surface area is 161 Å². The lowest BCUT2D eigenvalue weighted by molar-refractivity contribution is -0.125. The van der Waals surface area contributed by atoms with E-state index in [9.17, 15) is 9.18 Å². The average Bonchev–Trinajstić information content (AvgIpc) is 2.62. The number of benzene rings is 2. The van der Waals surface area contributed by atoms with Gasteiger partial charge in [0, 0.05) is 30.3 Å². The lowest BCUT2D eigenvalue weighted by Crippen LogP contribution is -2.24. The van der Waals surface area contributed by atoms with Crippen LogP contribution in [0.5, 0.6) is 11.5 Å². The standard InChI is InChI=1S/C19H18Cl2FNO3/c1-23(11-13-14(20)5-4-6-16(13)22)18(24)8-7-12-9-15(21)19(26-3)17(10-12)25-2/h4-10H,11H2,1-3H3. The van der Waals surface area contributed by atoms with Crippen molar-refractivity contribution in [1.82, 2.24) is 4.90 Å². The molecule has 0 aliphatic heterocycles. The van der Waals surface area contributed by atoms with Gasteiger partial charge in [-0.05, 0) is 35.9 Å². The highest BCUT2D eigenvalue weighted by Crippen LogP contribution is 2.36. The number of rotatable bonds is 6. The van der Waals surface area contributed by atoms with Crippen LogP contribution >= 0.6 is 23.2 Å². The molecule has 0 atom stereocenters. The highest BCUT2D eigenvalue weighted by Gasteiger charge is 2.13. The second-order valence-corrected chi connectivity index (χ2v) is 6.28. The van der Waals surface area contributed by atoms with Crippen molar-refractivity contribution in [3.8, 4) is 11.5 Å². The van der Waals surface area contributed by atoms with Gasteiger partial charge in [-0.2, -0.15) is 0 Å². The van der Waals surface area contributed by atoms with Gasteiger partial charge in [-0.15, -0.1) is 0 Å². The summed E-state index contributed by atoms with van der Waals surface area (Å²) in [6, 6.07) is 7.76. The molecule has 26 heavy (non-hydrogen) atoms. The Morgan fingerprint density at radius 2 is 1.92 bits per heavy atom. The van der Waals surface area contributed by atoms with Crippen LogP contribution in [0.1, 0.15) is 11.1 Å². The second-order valence-electron chi connectivity index (χ2n) is 5.47. The summed E-state index contributed by atoms with van der Waals surface area (Å²) < 4.78 is 24.2. The van der Waals surface area contributed by atoms with Crippen LogP contribution < -0.4 is 9.47 Å². The molecular formula is C19H18Cl2FNO3. The van der Waals surface area contributed by atoms with Gasteiger partial charge >= 0.3 is 0 Å². The molecule has 0 saturated heterocycles. The van der Waals surface area contributed by atoms with E-state index in [-0.39, 0.29) is 23.0 Å². The van der Waals surface area contributed by atoms with Crippen molar-refractivity contribution in [2.75, 3.05) is 21.3 Å². The van der Waals surface area contributed by atoms with Crippen LogP contribution in [0.4, 0.5) is 4.39 Å². The van der Waals surface area contributed by atoms with Gasteiger partial charge in [0.15, 0.2) is 11.5 Å². The molecule has 138 valence electrons. The fourth-order valence-electron chi connectivity index (χ4n) is 2.33. The molecule has 0 unspecified atom stereocenters. The minimum absolute atomic E-state index is 0.0569. The number of amides is 1. The molecule has 0 bridgehead atoms. The van der Waals surface area contributed by atoms with E-state index in [0.717, 1.165) is 0 Å². The van der Waals surface area contributed by atoms with Crippen molar-refractivity contribution < 1.29 is 18.7 Å². The molecule has 0 fully saturated rings. The quantitative estimate of drug-likeness (QED) is 0.655. The maximum Gasteiger partial charge on any atom is 0.246 e. The number of hydrogen-bond donors (Lipinski definition) is 0. The van der Waals surface area contributed by atoms with Crippen LogP contribution in [0.2, 0.25) is 10.0 Å². The Hall–Kier alpha value is -2.24. The van der Waals surface area contributed by atoms with E-state index in [1.54, 1.807) is 31.3 Å². The zero-order chi connectivity index (χ0) is 19.3. The summed E-state index contributed by atoms with van der Waals surface area (Å²) in [6.07, 6.45) is 2.96. The SMILES string of the molecule is COc1cc(C=CC(=O)N(C)Cc2c(F)cccc2Cl)cc(Cl)c1OC. The van der Waals surface area contributed by atoms with E-state index in [1.165, 1.54) is 37.3 Å². The third-order valence-electron chi connectivity index (χ3n) is 3.71. The molecule has 0 spiro atoms. The minimum Gasteiger partial charge on any atom is -0.493 e. The summed E-state index contributed by atoms with van der Waals surface area (Å²) in [6.45, 7) is 0.0569. The van der Waals surface area contributed by atoms with Gasteiger partial charge in [0.05, 0.1) is 19.2 Å². The predicted octanol–water partition coefficient (Wildman–Crippen LogP) is 4.82.